The Hall–Kier alpha value is -2.45. The second kappa shape index (κ2) is 9.54. The zero-order valence-electron chi connectivity index (χ0n) is 18.7. The number of piperidine rings is 1. The molecule has 2 atom stereocenters. The summed E-state index contributed by atoms with van der Waals surface area (Å²) in [6.07, 6.45) is 2.94. The van der Waals surface area contributed by atoms with Crippen molar-refractivity contribution in [2.24, 2.45) is 11.8 Å². The monoisotopic (exact) mass is 539 g/mol. The van der Waals surface area contributed by atoms with E-state index in [0.717, 1.165) is 17.5 Å². The van der Waals surface area contributed by atoms with Gasteiger partial charge in [-0.25, -0.2) is 27.8 Å². The lowest BCUT2D eigenvalue weighted by molar-refractivity contribution is -0.121. The number of aromatic amines is 1. The van der Waals surface area contributed by atoms with Crippen LogP contribution in [-0.4, -0.2) is 64.7 Å². The Labute approximate surface area is 210 Å². The highest BCUT2D eigenvalue weighted by molar-refractivity contribution is 7.91. The predicted molar refractivity (Wildman–Crippen MR) is 129 cm³/mol. The van der Waals surface area contributed by atoms with Crippen molar-refractivity contribution in [3.05, 3.63) is 41.2 Å². The number of aromatic nitrogens is 4. The van der Waals surface area contributed by atoms with Gasteiger partial charge < -0.3 is 15.6 Å². The molecule has 2 fully saturated rings. The van der Waals surface area contributed by atoms with E-state index in [9.17, 15) is 17.6 Å². The summed E-state index contributed by atoms with van der Waals surface area (Å²) in [5.74, 6) is -0.383. The van der Waals surface area contributed by atoms with Crippen LogP contribution in [0.15, 0.2) is 28.7 Å². The second-order valence-corrected chi connectivity index (χ2v) is 12.3. The van der Waals surface area contributed by atoms with Gasteiger partial charge in [0.25, 0.3) is 10.0 Å². The van der Waals surface area contributed by atoms with E-state index in [-0.39, 0.29) is 33.0 Å². The van der Waals surface area contributed by atoms with Gasteiger partial charge in [-0.05, 0) is 24.5 Å². The van der Waals surface area contributed by atoms with Crippen molar-refractivity contribution in [1.82, 2.24) is 29.6 Å². The molecule has 0 aliphatic carbocycles. The summed E-state index contributed by atoms with van der Waals surface area (Å²) < 4.78 is 41.2. The normalized spacial score (nSPS) is 21.6. The van der Waals surface area contributed by atoms with Crippen LogP contribution >= 0.6 is 22.9 Å². The first kappa shape index (κ1) is 24.3. The lowest BCUT2D eigenvalue weighted by Crippen LogP contribution is -2.48. The number of amides is 1. The van der Waals surface area contributed by atoms with Crippen LogP contribution in [0.3, 0.4) is 0 Å². The van der Waals surface area contributed by atoms with Crippen molar-refractivity contribution in [3.63, 3.8) is 0 Å². The molecule has 0 spiro atoms. The van der Waals surface area contributed by atoms with Crippen molar-refractivity contribution in [3.8, 4) is 11.5 Å². The van der Waals surface area contributed by atoms with Crippen LogP contribution in [0.1, 0.15) is 25.0 Å². The number of anilines is 1. The van der Waals surface area contributed by atoms with Gasteiger partial charge in [0, 0.05) is 32.1 Å². The van der Waals surface area contributed by atoms with E-state index < -0.39 is 15.8 Å². The fraction of sp³-hybridized carbons (Fsp3) is 0.429. The van der Waals surface area contributed by atoms with Crippen molar-refractivity contribution in [2.45, 2.75) is 23.5 Å². The third-order valence-electron chi connectivity index (χ3n) is 6.36. The van der Waals surface area contributed by atoms with Crippen LogP contribution in [-0.2, 0) is 14.8 Å². The van der Waals surface area contributed by atoms with E-state index in [1.165, 1.54) is 22.6 Å². The molecule has 3 aromatic heterocycles. The number of nitrogens with zero attached hydrogens (tertiary/aromatic N) is 4. The maximum atomic E-state index is 13.2. The third kappa shape index (κ3) is 4.83. The number of imidazole rings is 1. The molecule has 1 amide bonds. The van der Waals surface area contributed by atoms with Crippen molar-refractivity contribution in [2.75, 3.05) is 31.5 Å². The summed E-state index contributed by atoms with van der Waals surface area (Å²) in [4.78, 5) is 27.8. The number of carbonyl (C=O) groups is 1. The average Bonchev–Trinajstić information content (AvgIpc) is 3.40. The molecule has 5 rings (SSSR count). The number of nitrogens with one attached hydrogen (secondary N) is 3. The van der Waals surface area contributed by atoms with E-state index in [1.54, 1.807) is 0 Å². The molecule has 186 valence electrons. The first-order chi connectivity index (χ1) is 16.7. The minimum absolute atomic E-state index is 0.0388. The Morgan fingerprint density at radius 3 is 2.74 bits per heavy atom. The molecule has 0 saturated carbocycles. The first-order valence-electron chi connectivity index (χ1n) is 11.1. The van der Waals surface area contributed by atoms with Crippen LogP contribution < -0.4 is 10.6 Å². The Bertz CT molecular complexity index is 1340. The summed E-state index contributed by atoms with van der Waals surface area (Å²) in [6.45, 7) is 3.77. The fourth-order valence-electron chi connectivity index (χ4n) is 4.25. The standard InChI is InChI=1S/C21H23ClFN7O3S2/c1-11-10-30(35(32,33)16-9-26-21(34-16)29-20(31)12-6-24-7-12)5-4-14(11)17-18(22)28-19(27-17)15-3-2-13(23)8-25-15/h2-3,8-9,11-12,14,24H,4-7,10H2,1H3,(H,27,28)(H,26,29,31)/t11-,14+/m0/s1. The topological polar surface area (TPSA) is 133 Å². The lowest BCUT2D eigenvalue weighted by atomic mass is 9.86. The van der Waals surface area contributed by atoms with E-state index in [1.807, 2.05) is 6.92 Å². The molecular formula is C21H23ClFN7O3S2. The first-order valence-corrected chi connectivity index (χ1v) is 13.7. The molecule has 0 radical (unpaired) electrons. The molecule has 2 saturated heterocycles. The highest BCUT2D eigenvalue weighted by Crippen LogP contribution is 2.38. The molecule has 0 unspecified atom stereocenters. The van der Waals surface area contributed by atoms with Crippen LogP contribution in [0.25, 0.3) is 11.5 Å². The molecule has 10 nitrogen and oxygen atoms in total. The number of halogens is 2. The van der Waals surface area contributed by atoms with Gasteiger partial charge >= 0.3 is 0 Å². The van der Waals surface area contributed by atoms with Crippen LogP contribution in [0.5, 0.6) is 0 Å². The highest BCUT2D eigenvalue weighted by atomic mass is 35.5. The summed E-state index contributed by atoms with van der Waals surface area (Å²) in [5.41, 5.74) is 1.18. The number of pyridine rings is 1. The van der Waals surface area contributed by atoms with Gasteiger partial charge in [-0.2, -0.15) is 4.31 Å². The van der Waals surface area contributed by atoms with Gasteiger partial charge in [0.2, 0.25) is 5.91 Å². The molecule has 35 heavy (non-hydrogen) atoms. The Morgan fingerprint density at radius 2 is 2.09 bits per heavy atom. The Balaban J connectivity index is 1.27. The summed E-state index contributed by atoms with van der Waals surface area (Å²) in [6, 6.07) is 2.81. The Kier molecular flexibility index (Phi) is 6.61. The van der Waals surface area contributed by atoms with Crippen molar-refractivity contribution >= 4 is 44.0 Å². The number of rotatable bonds is 6. The highest BCUT2D eigenvalue weighted by Gasteiger charge is 2.37. The van der Waals surface area contributed by atoms with Crippen molar-refractivity contribution < 1.29 is 17.6 Å². The van der Waals surface area contributed by atoms with Gasteiger partial charge in [0.15, 0.2) is 20.3 Å². The third-order valence-corrected chi connectivity index (χ3v) is 9.86. The van der Waals surface area contributed by atoms with E-state index in [2.05, 4.69) is 30.6 Å². The Morgan fingerprint density at radius 1 is 1.29 bits per heavy atom. The maximum Gasteiger partial charge on any atom is 0.254 e. The zero-order chi connectivity index (χ0) is 24.7. The molecule has 14 heteroatoms. The quantitative estimate of drug-likeness (QED) is 0.438. The number of H-pyrrole nitrogens is 1. The minimum atomic E-state index is -3.76. The number of hydrogen-bond donors (Lipinski definition) is 3. The molecule has 5 heterocycles. The smallest absolute Gasteiger partial charge is 0.254 e. The van der Waals surface area contributed by atoms with E-state index in [4.69, 9.17) is 11.6 Å². The maximum absolute atomic E-state index is 13.2. The minimum Gasteiger partial charge on any atom is -0.339 e. The largest absolute Gasteiger partial charge is 0.339 e. The van der Waals surface area contributed by atoms with Gasteiger partial charge in [-0.3, -0.25) is 4.79 Å². The van der Waals surface area contributed by atoms with Crippen LogP contribution in [0.2, 0.25) is 5.15 Å². The summed E-state index contributed by atoms with van der Waals surface area (Å²) >= 11 is 7.36. The summed E-state index contributed by atoms with van der Waals surface area (Å²) in [5, 5.41) is 6.29. The number of carbonyl (C=O) groups excluding carboxylic acids is 1. The predicted octanol–water partition coefficient (Wildman–Crippen LogP) is 2.69. The molecule has 2 aliphatic rings. The van der Waals surface area contributed by atoms with Crippen LogP contribution in [0.4, 0.5) is 9.52 Å². The lowest BCUT2D eigenvalue weighted by Gasteiger charge is -2.35. The molecule has 2 aliphatic heterocycles. The van der Waals surface area contributed by atoms with E-state index in [0.29, 0.717) is 55.0 Å². The molecule has 0 aromatic carbocycles. The molecular weight excluding hydrogens is 517 g/mol. The van der Waals surface area contributed by atoms with Gasteiger partial charge in [0.05, 0.1) is 24.0 Å². The zero-order valence-corrected chi connectivity index (χ0v) is 21.1. The molecule has 3 N–H and O–H groups in total. The van der Waals surface area contributed by atoms with E-state index >= 15 is 0 Å². The van der Waals surface area contributed by atoms with Crippen LogP contribution in [0, 0.1) is 17.7 Å². The SMILES string of the molecule is C[C@H]1CN(S(=O)(=O)c2cnc(NC(=O)C3CNC3)s2)CC[C@H]1c1[nH]c(-c2ccc(F)cn2)nc1Cl. The number of hydrogen-bond acceptors (Lipinski definition) is 8. The second-order valence-electron chi connectivity index (χ2n) is 8.72. The number of thiazole rings is 1. The van der Waals surface area contributed by atoms with Gasteiger partial charge in [-0.1, -0.05) is 29.9 Å². The van der Waals surface area contributed by atoms with Gasteiger partial charge in [0.1, 0.15) is 11.5 Å². The molecule has 0 bridgehead atoms. The summed E-state index contributed by atoms with van der Waals surface area (Å²) in [7, 11) is -3.76. The van der Waals surface area contributed by atoms with Crippen molar-refractivity contribution in [1.29, 1.82) is 0 Å². The fourth-order valence-corrected chi connectivity index (χ4v) is 7.26. The molecule has 3 aromatic rings. The van der Waals surface area contributed by atoms with Gasteiger partial charge in [-0.15, -0.1) is 0 Å². The number of sulfonamides is 1. The average molecular weight is 540 g/mol.